The highest BCUT2D eigenvalue weighted by Gasteiger charge is 2.36. The van der Waals surface area contributed by atoms with E-state index in [0.29, 0.717) is 5.69 Å². The van der Waals surface area contributed by atoms with Crippen LogP contribution in [0, 0.1) is 5.92 Å². The smallest absolute Gasteiger partial charge is 0.308 e. The quantitative estimate of drug-likeness (QED) is 0.913. The van der Waals surface area contributed by atoms with Gasteiger partial charge in [0.2, 0.25) is 5.91 Å². The highest BCUT2D eigenvalue weighted by Crippen LogP contribution is 2.30. The zero-order valence-corrected chi connectivity index (χ0v) is 10.6. The molecule has 1 aromatic carbocycles. The van der Waals surface area contributed by atoms with E-state index >= 15 is 0 Å². The number of carbonyl (C=O) groups is 2. The third-order valence-corrected chi connectivity index (χ3v) is 3.40. The Labute approximate surface area is 115 Å². The first-order valence-electron chi connectivity index (χ1n) is 6.29. The molecule has 1 aromatic heterocycles. The van der Waals surface area contributed by atoms with Crippen LogP contribution >= 0.6 is 0 Å². The minimum atomic E-state index is -0.933. The van der Waals surface area contributed by atoms with E-state index in [1.165, 1.54) is 4.90 Å². The molecule has 0 radical (unpaired) electrons. The van der Waals surface area contributed by atoms with E-state index in [1.807, 2.05) is 18.2 Å². The molecule has 0 saturated carbocycles. The fourth-order valence-electron chi connectivity index (χ4n) is 2.40. The summed E-state index contributed by atoms with van der Waals surface area (Å²) in [6.45, 7) is 0.201. The molecule has 3 rings (SSSR count). The van der Waals surface area contributed by atoms with Crippen molar-refractivity contribution in [1.29, 1.82) is 0 Å². The van der Waals surface area contributed by atoms with Gasteiger partial charge in [-0.25, -0.2) is 4.68 Å². The summed E-state index contributed by atoms with van der Waals surface area (Å²) in [7, 11) is 0. The van der Waals surface area contributed by atoms with Gasteiger partial charge in [0, 0.05) is 25.4 Å². The number of anilines is 1. The monoisotopic (exact) mass is 271 g/mol. The average molecular weight is 271 g/mol. The predicted octanol–water partition coefficient (Wildman–Crippen LogP) is 1.31. The minimum absolute atomic E-state index is 0.0444. The number of carbonyl (C=O) groups excluding carboxylic acids is 1. The van der Waals surface area contributed by atoms with E-state index in [9.17, 15) is 9.59 Å². The van der Waals surface area contributed by atoms with Gasteiger partial charge in [-0.2, -0.15) is 5.10 Å². The summed E-state index contributed by atoms with van der Waals surface area (Å²) in [5, 5.41) is 13.2. The van der Waals surface area contributed by atoms with Crippen LogP contribution in [0.15, 0.2) is 42.7 Å². The first-order valence-corrected chi connectivity index (χ1v) is 6.29. The lowest BCUT2D eigenvalue weighted by Crippen LogP contribution is -2.27. The number of hydrogen-bond donors (Lipinski definition) is 1. The molecule has 1 N–H and O–H groups in total. The number of para-hydroxylation sites is 2. The molecule has 1 saturated heterocycles. The second-order valence-corrected chi connectivity index (χ2v) is 4.68. The number of aliphatic carboxylic acids is 1. The summed E-state index contributed by atoms with van der Waals surface area (Å²) in [5.41, 5.74) is 1.45. The van der Waals surface area contributed by atoms with Gasteiger partial charge in [0.05, 0.1) is 17.3 Å². The molecule has 0 bridgehead atoms. The van der Waals surface area contributed by atoms with Crippen LogP contribution in [0.2, 0.25) is 0 Å². The highest BCUT2D eigenvalue weighted by atomic mass is 16.4. The fraction of sp³-hybridized carbons (Fsp3) is 0.214. The zero-order valence-electron chi connectivity index (χ0n) is 10.6. The van der Waals surface area contributed by atoms with E-state index < -0.39 is 11.9 Å². The number of rotatable bonds is 3. The summed E-state index contributed by atoms with van der Waals surface area (Å²) in [5.74, 6) is -1.75. The van der Waals surface area contributed by atoms with Gasteiger partial charge in [0.25, 0.3) is 0 Å². The molecule has 1 amide bonds. The van der Waals surface area contributed by atoms with Crippen LogP contribution in [-0.4, -0.2) is 33.3 Å². The fourth-order valence-corrected chi connectivity index (χ4v) is 2.40. The van der Waals surface area contributed by atoms with Gasteiger partial charge in [-0.15, -0.1) is 0 Å². The van der Waals surface area contributed by atoms with Crippen LogP contribution in [0.4, 0.5) is 5.69 Å². The molecule has 1 aliphatic rings. The van der Waals surface area contributed by atoms with Crippen molar-refractivity contribution in [3.8, 4) is 5.69 Å². The van der Waals surface area contributed by atoms with Crippen LogP contribution < -0.4 is 4.90 Å². The number of amides is 1. The standard InChI is InChI=1S/C14H13N3O3/c18-13-8-10(14(19)20)9-16(13)11-4-1-2-5-12(11)17-7-3-6-15-17/h1-7,10H,8-9H2,(H,19,20). The third-order valence-electron chi connectivity index (χ3n) is 3.40. The molecule has 1 unspecified atom stereocenters. The molecule has 0 aliphatic carbocycles. The van der Waals surface area contributed by atoms with Crippen molar-refractivity contribution in [2.24, 2.45) is 5.92 Å². The number of nitrogens with zero attached hydrogens (tertiary/aromatic N) is 3. The van der Waals surface area contributed by atoms with Crippen molar-refractivity contribution in [2.45, 2.75) is 6.42 Å². The first-order chi connectivity index (χ1) is 9.66. The summed E-state index contributed by atoms with van der Waals surface area (Å²) in [6, 6.07) is 9.13. The van der Waals surface area contributed by atoms with E-state index in [0.717, 1.165) is 5.69 Å². The summed E-state index contributed by atoms with van der Waals surface area (Å²) in [6.07, 6.45) is 3.49. The van der Waals surface area contributed by atoms with Gasteiger partial charge in [0.1, 0.15) is 0 Å². The molecule has 6 heteroatoms. The maximum absolute atomic E-state index is 12.0. The largest absolute Gasteiger partial charge is 0.481 e. The lowest BCUT2D eigenvalue weighted by atomic mass is 10.1. The topological polar surface area (TPSA) is 75.4 Å². The van der Waals surface area contributed by atoms with E-state index in [-0.39, 0.29) is 18.9 Å². The average Bonchev–Trinajstić information content (AvgIpc) is 3.08. The van der Waals surface area contributed by atoms with Crippen molar-refractivity contribution in [1.82, 2.24) is 9.78 Å². The zero-order chi connectivity index (χ0) is 14.1. The lowest BCUT2D eigenvalue weighted by molar-refractivity contribution is -0.141. The van der Waals surface area contributed by atoms with Crippen molar-refractivity contribution in [3.05, 3.63) is 42.7 Å². The summed E-state index contributed by atoms with van der Waals surface area (Å²) >= 11 is 0. The van der Waals surface area contributed by atoms with Gasteiger partial charge in [-0.1, -0.05) is 12.1 Å². The predicted molar refractivity (Wildman–Crippen MR) is 71.7 cm³/mol. The van der Waals surface area contributed by atoms with Gasteiger partial charge in [-0.05, 0) is 18.2 Å². The maximum Gasteiger partial charge on any atom is 0.308 e. The number of carboxylic acids is 1. The number of benzene rings is 1. The Morgan fingerprint density at radius 3 is 2.60 bits per heavy atom. The Kier molecular flexibility index (Phi) is 2.98. The molecule has 1 fully saturated rings. The third kappa shape index (κ3) is 2.05. The van der Waals surface area contributed by atoms with E-state index in [2.05, 4.69) is 5.10 Å². The molecule has 20 heavy (non-hydrogen) atoms. The van der Waals surface area contributed by atoms with Crippen LogP contribution in [0.3, 0.4) is 0 Å². The summed E-state index contributed by atoms with van der Waals surface area (Å²) < 4.78 is 1.66. The van der Waals surface area contributed by atoms with Crippen molar-refractivity contribution < 1.29 is 14.7 Å². The Hall–Kier alpha value is -2.63. The highest BCUT2D eigenvalue weighted by molar-refractivity contribution is 6.00. The Morgan fingerprint density at radius 1 is 1.25 bits per heavy atom. The second-order valence-electron chi connectivity index (χ2n) is 4.68. The van der Waals surface area contributed by atoms with Crippen LogP contribution in [-0.2, 0) is 9.59 Å². The number of carboxylic acid groups (broad SMARTS) is 1. The van der Waals surface area contributed by atoms with Crippen LogP contribution in [0.25, 0.3) is 5.69 Å². The molecule has 2 aromatic rings. The normalized spacial score (nSPS) is 18.5. The molecule has 1 aliphatic heterocycles. The molecule has 2 heterocycles. The molecule has 1 atom stereocenters. The van der Waals surface area contributed by atoms with Gasteiger partial charge < -0.3 is 10.0 Å². The number of aromatic nitrogens is 2. The van der Waals surface area contributed by atoms with Crippen molar-refractivity contribution in [3.63, 3.8) is 0 Å². The van der Waals surface area contributed by atoms with Gasteiger partial charge in [0.15, 0.2) is 0 Å². The van der Waals surface area contributed by atoms with E-state index in [4.69, 9.17) is 5.11 Å². The Morgan fingerprint density at radius 2 is 2.00 bits per heavy atom. The molecular formula is C14H13N3O3. The minimum Gasteiger partial charge on any atom is -0.481 e. The molecule has 6 nitrogen and oxygen atoms in total. The SMILES string of the molecule is O=C(O)C1CC(=O)N(c2ccccc2-n2cccn2)C1. The molecular weight excluding hydrogens is 258 g/mol. The van der Waals surface area contributed by atoms with Crippen LogP contribution in [0.1, 0.15) is 6.42 Å². The first kappa shape index (κ1) is 12.4. The van der Waals surface area contributed by atoms with Crippen molar-refractivity contribution in [2.75, 3.05) is 11.4 Å². The second kappa shape index (κ2) is 4.80. The summed E-state index contributed by atoms with van der Waals surface area (Å²) in [4.78, 5) is 24.6. The van der Waals surface area contributed by atoms with Gasteiger partial charge >= 0.3 is 5.97 Å². The Bertz CT molecular complexity index is 651. The maximum atomic E-state index is 12.0. The van der Waals surface area contributed by atoms with Gasteiger partial charge in [-0.3, -0.25) is 9.59 Å². The number of hydrogen-bond acceptors (Lipinski definition) is 3. The Balaban J connectivity index is 1.99. The van der Waals surface area contributed by atoms with E-state index in [1.54, 1.807) is 29.2 Å². The molecule has 102 valence electrons. The van der Waals surface area contributed by atoms with Crippen molar-refractivity contribution >= 4 is 17.6 Å². The molecule has 0 spiro atoms. The lowest BCUT2D eigenvalue weighted by Gasteiger charge is -2.19. The van der Waals surface area contributed by atoms with Crippen LogP contribution in [0.5, 0.6) is 0 Å².